The van der Waals surface area contributed by atoms with Crippen LogP contribution in [0, 0.1) is 0 Å². The lowest BCUT2D eigenvalue weighted by atomic mass is 10.3. The van der Waals surface area contributed by atoms with Crippen LogP contribution >= 0.6 is 22.6 Å². The highest BCUT2D eigenvalue weighted by Gasteiger charge is 2.22. The Kier molecular flexibility index (Phi) is 5.65. The van der Waals surface area contributed by atoms with Crippen LogP contribution in [0.4, 0.5) is 0 Å². The highest BCUT2D eigenvalue weighted by molar-refractivity contribution is 14.1. The maximum atomic E-state index is 11.5. The van der Waals surface area contributed by atoms with Crippen LogP contribution in [-0.2, 0) is 14.8 Å². The fourth-order valence-corrected chi connectivity index (χ4v) is 3.08. The molecule has 0 aromatic heterocycles. The topological polar surface area (TPSA) is 55.4 Å². The van der Waals surface area contributed by atoms with Gasteiger partial charge in [0.15, 0.2) is 0 Å². The quantitative estimate of drug-likeness (QED) is 0.447. The average Bonchev–Trinajstić information content (AvgIpc) is 2.56. The summed E-state index contributed by atoms with van der Waals surface area (Å²) in [6, 6.07) is 0. The summed E-state index contributed by atoms with van der Waals surface area (Å²) in [7, 11) is -3.12. The second kappa shape index (κ2) is 6.24. The third kappa shape index (κ3) is 4.90. The van der Waals surface area contributed by atoms with Gasteiger partial charge in [-0.25, -0.2) is 13.1 Å². The summed E-state index contributed by atoms with van der Waals surface area (Å²) in [6.07, 6.45) is 2.64. The van der Waals surface area contributed by atoms with E-state index in [-0.39, 0.29) is 11.9 Å². The molecule has 1 aliphatic rings. The molecule has 14 heavy (non-hydrogen) atoms. The van der Waals surface area contributed by atoms with Gasteiger partial charge in [-0.15, -0.1) is 0 Å². The smallest absolute Gasteiger partial charge is 0.214 e. The molecule has 0 radical (unpaired) electrons. The van der Waals surface area contributed by atoms with E-state index in [1.807, 2.05) is 0 Å². The van der Waals surface area contributed by atoms with Crippen LogP contribution < -0.4 is 4.72 Å². The van der Waals surface area contributed by atoms with Crippen LogP contribution in [0.25, 0.3) is 0 Å². The molecule has 6 heteroatoms. The second-order valence-corrected chi connectivity index (χ2v) is 6.28. The third-order valence-corrected chi connectivity index (χ3v) is 4.28. The van der Waals surface area contributed by atoms with Crippen molar-refractivity contribution in [1.29, 1.82) is 0 Å². The molecule has 0 amide bonds. The lowest BCUT2D eigenvalue weighted by Crippen LogP contribution is -2.32. The van der Waals surface area contributed by atoms with Gasteiger partial charge in [0.05, 0.1) is 11.9 Å². The molecular formula is C8H16INO3S. The molecule has 4 nitrogen and oxygen atoms in total. The van der Waals surface area contributed by atoms with Crippen molar-refractivity contribution in [2.75, 3.05) is 23.3 Å². The minimum absolute atomic E-state index is 0.0906. The Balaban J connectivity index is 2.26. The maximum absolute atomic E-state index is 11.5. The Bertz CT molecular complexity index is 249. The van der Waals surface area contributed by atoms with E-state index in [9.17, 15) is 8.42 Å². The summed E-state index contributed by atoms with van der Waals surface area (Å²) in [4.78, 5) is 0. The van der Waals surface area contributed by atoms with Gasteiger partial charge in [0.2, 0.25) is 10.0 Å². The van der Waals surface area contributed by atoms with Crippen LogP contribution in [0.3, 0.4) is 0 Å². The van der Waals surface area contributed by atoms with Crippen molar-refractivity contribution < 1.29 is 13.2 Å². The number of hydrogen-bond acceptors (Lipinski definition) is 3. The predicted octanol–water partition coefficient (Wildman–Crippen LogP) is 0.910. The maximum Gasteiger partial charge on any atom is 0.214 e. The van der Waals surface area contributed by atoms with Crippen molar-refractivity contribution >= 4 is 32.6 Å². The summed E-state index contributed by atoms with van der Waals surface area (Å²) < 4.78 is 31.8. The van der Waals surface area contributed by atoms with E-state index < -0.39 is 10.0 Å². The van der Waals surface area contributed by atoms with Gasteiger partial charge in [0.25, 0.3) is 0 Å². The van der Waals surface area contributed by atoms with E-state index >= 15 is 0 Å². The summed E-state index contributed by atoms with van der Waals surface area (Å²) in [5, 5.41) is 0. The summed E-state index contributed by atoms with van der Waals surface area (Å²) in [5.74, 6) is 0.119. The number of sulfonamides is 1. The molecule has 0 bridgehead atoms. The predicted molar refractivity (Wildman–Crippen MR) is 64.3 cm³/mol. The number of alkyl halides is 1. The molecular weight excluding hydrogens is 317 g/mol. The Labute approximate surface area is 99.0 Å². The zero-order valence-electron chi connectivity index (χ0n) is 8.04. The molecule has 0 saturated carbocycles. The molecule has 0 aromatic carbocycles. The molecule has 1 heterocycles. The van der Waals surface area contributed by atoms with Crippen LogP contribution in [0.5, 0.6) is 0 Å². The van der Waals surface area contributed by atoms with Crippen LogP contribution in [0.15, 0.2) is 0 Å². The van der Waals surface area contributed by atoms with E-state index in [0.29, 0.717) is 13.2 Å². The van der Waals surface area contributed by atoms with Crippen molar-refractivity contribution in [3.05, 3.63) is 0 Å². The molecule has 1 rings (SSSR count). The first-order valence-electron chi connectivity index (χ1n) is 4.79. The van der Waals surface area contributed by atoms with E-state index in [0.717, 1.165) is 23.7 Å². The van der Waals surface area contributed by atoms with E-state index in [1.165, 1.54) is 0 Å². The van der Waals surface area contributed by atoms with Crippen molar-refractivity contribution in [2.24, 2.45) is 0 Å². The molecule has 0 aliphatic carbocycles. The fraction of sp³-hybridized carbons (Fsp3) is 1.00. The van der Waals surface area contributed by atoms with Gasteiger partial charge in [-0.3, -0.25) is 0 Å². The van der Waals surface area contributed by atoms with Crippen molar-refractivity contribution in [3.8, 4) is 0 Å². The normalized spacial score (nSPS) is 22.8. The zero-order valence-corrected chi connectivity index (χ0v) is 11.0. The average molecular weight is 333 g/mol. The standard InChI is InChI=1S/C8H16INO3S/c9-4-2-5-10-14(11,12)7-8-3-1-6-13-8/h8,10H,1-7H2. The molecule has 0 spiro atoms. The molecule has 1 aliphatic heterocycles. The fourth-order valence-electron chi connectivity index (χ4n) is 1.37. The monoisotopic (exact) mass is 333 g/mol. The number of hydrogen-bond donors (Lipinski definition) is 1. The first-order valence-corrected chi connectivity index (χ1v) is 7.97. The highest BCUT2D eigenvalue weighted by atomic mass is 127. The third-order valence-electron chi connectivity index (χ3n) is 2.06. The molecule has 1 saturated heterocycles. The van der Waals surface area contributed by atoms with E-state index in [4.69, 9.17) is 4.74 Å². The molecule has 84 valence electrons. The van der Waals surface area contributed by atoms with Crippen molar-refractivity contribution in [3.63, 3.8) is 0 Å². The zero-order chi connectivity index (χ0) is 10.4. The number of halogens is 1. The number of ether oxygens (including phenoxy) is 1. The Morgan fingerprint density at radius 1 is 1.50 bits per heavy atom. The molecule has 1 atom stereocenters. The molecule has 0 aromatic rings. The number of rotatable bonds is 6. The molecule has 1 unspecified atom stereocenters. The largest absolute Gasteiger partial charge is 0.377 e. The van der Waals surface area contributed by atoms with Crippen molar-refractivity contribution in [2.45, 2.75) is 25.4 Å². The molecule has 1 N–H and O–H groups in total. The lowest BCUT2D eigenvalue weighted by Gasteiger charge is -2.10. The van der Waals surface area contributed by atoms with Crippen LogP contribution in [0.2, 0.25) is 0 Å². The first-order chi connectivity index (χ1) is 6.64. The van der Waals surface area contributed by atoms with Gasteiger partial charge in [0, 0.05) is 17.6 Å². The lowest BCUT2D eigenvalue weighted by molar-refractivity contribution is 0.127. The van der Waals surface area contributed by atoms with Crippen LogP contribution in [-0.4, -0.2) is 37.9 Å². The Morgan fingerprint density at radius 2 is 2.29 bits per heavy atom. The highest BCUT2D eigenvalue weighted by Crippen LogP contribution is 2.13. The molecule has 1 fully saturated rings. The second-order valence-electron chi connectivity index (χ2n) is 3.35. The van der Waals surface area contributed by atoms with E-state index in [2.05, 4.69) is 27.3 Å². The van der Waals surface area contributed by atoms with E-state index in [1.54, 1.807) is 0 Å². The summed E-state index contributed by atoms with van der Waals surface area (Å²) in [6.45, 7) is 1.24. The first kappa shape index (κ1) is 12.7. The Hall–Kier alpha value is 0.600. The SMILES string of the molecule is O=S(=O)(CC1CCCO1)NCCCI. The van der Waals surface area contributed by atoms with Gasteiger partial charge >= 0.3 is 0 Å². The summed E-state index contributed by atoms with van der Waals surface area (Å²) >= 11 is 2.23. The van der Waals surface area contributed by atoms with Gasteiger partial charge in [0.1, 0.15) is 0 Å². The van der Waals surface area contributed by atoms with Gasteiger partial charge in [-0.1, -0.05) is 22.6 Å². The summed E-state index contributed by atoms with van der Waals surface area (Å²) in [5.41, 5.74) is 0. The van der Waals surface area contributed by atoms with Crippen LogP contribution in [0.1, 0.15) is 19.3 Å². The van der Waals surface area contributed by atoms with Gasteiger partial charge in [-0.05, 0) is 19.3 Å². The minimum Gasteiger partial charge on any atom is -0.377 e. The van der Waals surface area contributed by atoms with Gasteiger partial charge < -0.3 is 4.74 Å². The van der Waals surface area contributed by atoms with Crippen molar-refractivity contribution in [1.82, 2.24) is 4.72 Å². The number of nitrogens with one attached hydrogen (secondary N) is 1. The van der Waals surface area contributed by atoms with Gasteiger partial charge in [-0.2, -0.15) is 0 Å². The Morgan fingerprint density at radius 3 is 2.86 bits per heavy atom. The minimum atomic E-state index is -3.12.